The van der Waals surface area contributed by atoms with Crippen LogP contribution in [-0.4, -0.2) is 44.0 Å². The fraction of sp³-hybridized carbons (Fsp3) is 0.419. The number of nitrogens with zero attached hydrogens (tertiary/aromatic N) is 2. The van der Waals surface area contributed by atoms with Gasteiger partial charge in [0.15, 0.2) is 15.3 Å². The van der Waals surface area contributed by atoms with Crippen molar-refractivity contribution in [2.24, 2.45) is 5.92 Å². The molecule has 39 heavy (non-hydrogen) atoms. The van der Waals surface area contributed by atoms with Crippen molar-refractivity contribution in [2.45, 2.75) is 64.2 Å². The maximum Gasteiger partial charge on any atom is 0.336 e. The van der Waals surface area contributed by atoms with E-state index in [1.54, 1.807) is 58.5 Å². The highest BCUT2D eigenvalue weighted by atomic mass is 32.2. The lowest BCUT2D eigenvalue weighted by atomic mass is 9.95. The summed E-state index contributed by atoms with van der Waals surface area (Å²) in [6, 6.07) is 11.5. The van der Waals surface area contributed by atoms with Gasteiger partial charge in [-0.1, -0.05) is 70.7 Å². The maximum absolute atomic E-state index is 13.7. The first-order valence-electron chi connectivity index (χ1n) is 13.7. The van der Waals surface area contributed by atoms with E-state index in [0.717, 1.165) is 31.2 Å². The van der Waals surface area contributed by atoms with Crippen molar-refractivity contribution in [3.63, 3.8) is 0 Å². The van der Waals surface area contributed by atoms with Gasteiger partial charge >= 0.3 is 5.97 Å². The highest BCUT2D eigenvalue weighted by Crippen LogP contribution is 2.27. The molecule has 1 aromatic heterocycles. The molecule has 0 saturated heterocycles. The van der Waals surface area contributed by atoms with Crippen LogP contribution in [0.5, 0.6) is 0 Å². The second-order valence-electron chi connectivity index (χ2n) is 10.2. The molecule has 1 atom stereocenters. The molecular weight excluding hydrogens is 512 g/mol. The zero-order valence-corrected chi connectivity index (χ0v) is 24.4. The molecule has 0 radical (unpaired) electrons. The summed E-state index contributed by atoms with van der Waals surface area (Å²) in [7, 11) is 0.180. The molecule has 2 aromatic carbocycles. The zero-order valence-electron chi connectivity index (χ0n) is 23.6. The van der Waals surface area contributed by atoms with E-state index in [1.165, 1.54) is 0 Å². The van der Waals surface area contributed by atoms with Crippen LogP contribution in [0, 0.1) is 5.92 Å². The molecule has 1 unspecified atom stereocenters. The average Bonchev–Trinajstić information content (AvgIpc) is 2.93. The first-order valence-corrected chi connectivity index (χ1v) is 15.3. The van der Waals surface area contributed by atoms with Gasteiger partial charge < -0.3 is 10.1 Å². The Morgan fingerprint density at radius 3 is 2.18 bits per heavy atom. The third kappa shape index (κ3) is 7.18. The number of carbonyl (C=O) groups is 1. The van der Waals surface area contributed by atoms with Gasteiger partial charge in [-0.2, -0.15) is 0 Å². The standard InChI is InChI=1S/C31H40N2O5S/c1-6-9-10-22(7-2)17-18-39(37,38)25-14-12-24(13-15-25)28-20-33(32(4)5)21-29(30(28)34)26-16-11-23(8-3)19-27(26)31(35)36/h11-16,19-22H,6-10,17-18H2,1-5H3,(H,35,36). The highest BCUT2D eigenvalue weighted by Gasteiger charge is 2.20. The molecule has 3 rings (SSSR count). The molecule has 0 aliphatic carbocycles. The maximum atomic E-state index is 13.7. The number of rotatable bonds is 13. The second kappa shape index (κ2) is 13.1. The minimum absolute atomic E-state index is 0.0691. The number of aromatic carboxylic acids is 1. The van der Waals surface area contributed by atoms with Crippen LogP contribution in [0.25, 0.3) is 22.3 Å². The molecule has 0 spiro atoms. The Kier molecular flexibility index (Phi) is 10.1. The lowest BCUT2D eigenvalue weighted by molar-refractivity contribution is 0.0697. The van der Waals surface area contributed by atoms with Crippen LogP contribution in [0.3, 0.4) is 0 Å². The quantitative estimate of drug-likeness (QED) is 0.279. The third-order valence-corrected chi connectivity index (χ3v) is 9.11. The Morgan fingerprint density at radius 1 is 0.949 bits per heavy atom. The largest absolute Gasteiger partial charge is 0.478 e. The van der Waals surface area contributed by atoms with Crippen LogP contribution in [0.1, 0.15) is 68.8 Å². The summed E-state index contributed by atoms with van der Waals surface area (Å²) in [5, 5.41) is 11.6. The summed E-state index contributed by atoms with van der Waals surface area (Å²) in [5.74, 6) is -0.604. The number of aryl methyl sites for hydroxylation is 1. The van der Waals surface area contributed by atoms with Crippen molar-refractivity contribution >= 4 is 15.8 Å². The smallest absolute Gasteiger partial charge is 0.336 e. The molecule has 0 aliphatic rings. The summed E-state index contributed by atoms with van der Waals surface area (Å²) < 4.78 is 27.8. The van der Waals surface area contributed by atoms with E-state index in [-0.39, 0.29) is 27.2 Å². The first-order chi connectivity index (χ1) is 18.5. The van der Waals surface area contributed by atoms with Crippen LogP contribution >= 0.6 is 0 Å². The summed E-state index contributed by atoms with van der Waals surface area (Å²) >= 11 is 0. The van der Waals surface area contributed by atoms with Gasteiger partial charge in [0.25, 0.3) is 0 Å². The molecule has 0 bridgehead atoms. The Bertz CT molecular complexity index is 1460. The predicted molar refractivity (Wildman–Crippen MR) is 158 cm³/mol. The molecule has 8 heteroatoms. The van der Waals surface area contributed by atoms with Gasteiger partial charge in [-0.3, -0.25) is 9.47 Å². The van der Waals surface area contributed by atoms with Crippen LogP contribution < -0.4 is 10.4 Å². The van der Waals surface area contributed by atoms with Crippen molar-refractivity contribution in [3.8, 4) is 22.3 Å². The minimum atomic E-state index is -3.45. The Balaban J connectivity index is 2.02. The fourth-order valence-corrected chi connectivity index (χ4v) is 6.17. The molecule has 0 aliphatic heterocycles. The molecule has 1 N–H and O–H groups in total. The predicted octanol–water partition coefficient (Wildman–Crippen LogP) is 6.02. The summed E-state index contributed by atoms with van der Waals surface area (Å²) in [5.41, 5.74) is 2.13. The average molecular weight is 553 g/mol. The SMILES string of the molecule is CCCCC(CC)CCS(=O)(=O)c1ccc(-c2cn(N(C)C)cc(-c3ccc(CC)cc3C(=O)O)c2=O)cc1. The molecular formula is C31H40N2O5S. The lowest BCUT2D eigenvalue weighted by Crippen LogP contribution is -2.27. The Morgan fingerprint density at radius 2 is 1.62 bits per heavy atom. The van der Waals surface area contributed by atoms with Gasteiger partial charge in [-0.25, -0.2) is 13.2 Å². The lowest BCUT2D eigenvalue weighted by Gasteiger charge is -2.20. The van der Waals surface area contributed by atoms with Crippen LogP contribution in [0.4, 0.5) is 0 Å². The van der Waals surface area contributed by atoms with Gasteiger partial charge in [0.05, 0.1) is 16.2 Å². The van der Waals surface area contributed by atoms with Crippen LogP contribution in [-0.2, 0) is 16.3 Å². The molecule has 1 heterocycles. The fourth-order valence-electron chi connectivity index (χ4n) is 4.74. The van der Waals surface area contributed by atoms with Gasteiger partial charge in [0, 0.05) is 43.2 Å². The molecule has 0 amide bonds. The Hall–Kier alpha value is -3.39. The Labute approximate surface area is 232 Å². The number of carboxylic acid groups (broad SMARTS) is 1. The normalized spacial score (nSPS) is 12.3. The van der Waals surface area contributed by atoms with Crippen molar-refractivity contribution in [1.29, 1.82) is 0 Å². The summed E-state index contributed by atoms with van der Waals surface area (Å²) in [6.07, 6.45) is 8.83. The highest BCUT2D eigenvalue weighted by molar-refractivity contribution is 7.91. The van der Waals surface area contributed by atoms with Crippen LogP contribution in [0.15, 0.2) is 64.5 Å². The molecule has 0 fully saturated rings. The van der Waals surface area contributed by atoms with E-state index < -0.39 is 15.8 Å². The number of unbranched alkanes of at least 4 members (excludes halogenated alkanes) is 1. The number of hydrogen-bond donors (Lipinski definition) is 1. The van der Waals surface area contributed by atoms with Gasteiger partial charge in [0.2, 0.25) is 0 Å². The summed E-state index contributed by atoms with van der Waals surface area (Å²) in [4.78, 5) is 26.0. The number of benzene rings is 2. The first kappa shape index (κ1) is 30.2. The minimum Gasteiger partial charge on any atom is -0.478 e. The van der Waals surface area contributed by atoms with Gasteiger partial charge in [-0.15, -0.1) is 0 Å². The number of pyridine rings is 1. The zero-order chi connectivity index (χ0) is 28.7. The number of hydrogen-bond acceptors (Lipinski definition) is 5. The second-order valence-corrected chi connectivity index (χ2v) is 12.3. The van der Waals surface area contributed by atoms with Crippen molar-refractivity contribution in [2.75, 3.05) is 24.9 Å². The molecule has 3 aromatic rings. The van der Waals surface area contributed by atoms with E-state index in [1.807, 2.05) is 27.1 Å². The van der Waals surface area contributed by atoms with Gasteiger partial charge in [0.1, 0.15) is 0 Å². The molecule has 210 valence electrons. The van der Waals surface area contributed by atoms with E-state index in [4.69, 9.17) is 0 Å². The molecule has 0 saturated carbocycles. The van der Waals surface area contributed by atoms with E-state index in [9.17, 15) is 23.1 Å². The van der Waals surface area contributed by atoms with E-state index >= 15 is 0 Å². The number of aromatic nitrogens is 1. The molecule has 7 nitrogen and oxygen atoms in total. The summed E-state index contributed by atoms with van der Waals surface area (Å²) in [6.45, 7) is 6.19. The number of carboxylic acids is 1. The van der Waals surface area contributed by atoms with Gasteiger partial charge in [-0.05, 0) is 48.1 Å². The third-order valence-electron chi connectivity index (χ3n) is 7.35. The van der Waals surface area contributed by atoms with Crippen molar-refractivity contribution in [1.82, 2.24) is 4.68 Å². The van der Waals surface area contributed by atoms with Crippen molar-refractivity contribution < 1.29 is 18.3 Å². The number of sulfone groups is 1. The topological polar surface area (TPSA) is 96.7 Å². The van der Waals surface area contributed by atoms with Crippen LogP contribution in [0.2, 0.25) is 0 Å². The van der Waals surface area contributed by atoms with E-state index in [2.05, 4.69) is 13.8 Å². The van der Waals surface area contributed by atoms with E-state index in [0.29, 0.717) is 35.4 Å². The monoisotopic (exact) mass is 552 g/mol. The van der Waals surface area contributed by atoms with Crippen molar-refractivity contribution in [3.05, 3.63) is 76.2 Å².